The number of aldehydes is 1. The first kappa shape index (κ1) is 9.10. The highest BCUT2D eigenvalue weighted by atomic mass is 16.5. The van der Waals surface area contributed by atoms with Crippen LogP contribution in [0, 0.1) is 0 Å². The summed E-state index contributed by atoms with van der Waals surface area (Å²) in [5.41, 5.74) is 0. The second-order valence-corrected chi connectivity index (χ2v) is 1.68. The number of carboxylic acid groups (broad SMARTS) is 1. The molecule has 0 saturated heterocycles. The first-order valence-electron chi connectivity index (χ1n) is 3.00. The van der Waals surface area contributed by atoms with Gasteiger partial charge in [-0.15, -0.1) is 0 Å². The van der Waals surface area contributed by atoms with Crippen molar-refractivity contribution in [2.24, 2.45) is 0 Å². The average Bonchev–Trinajstić information content (AvgIpc) is 1.87. The van der Waals surface area contributed by atoms with E-state index in [1.165, 1.54) is 0 Å². The maximum Gasteiger partial charge on any atom is 0.333 e. The average molecular weight is 146 g/mol. The molecule has 0 spiro atoms. The first-order valence-corrected chi connectivity index (χ1v) is 3.00. The summed E-state index contributed by atoms with van der Waals surface area (Å²) in [7, 11) is 0. The van der Waals surface area contributed by atoms with Crippen LogP contribution in [0.15, 0.2) is 0 Å². The molecule has 0 aromatic rings. The van der Waals surface area contributed by atoms with Gasteiger partial charge in [0.05, 0.1) is 0 Å². The van der Waals surface area contributed by atoms with E-state index in [0.29, 0.717) is 12.9 Å². The lowest BCUT2D eigenvalue weighted by Crippen LogP contribution is -2.24. The molecule has 0 radical (unpaired) electrons. The number of carbonyl (C=O) groups is 2. The van der Waals surface area contributed by atoms with E-state index < -0.39 is 12.1 Å². The minimum Gasteiger partial charge on any atom is -0.479 e. The molecule has 1 unspecified atom stereocenters. The second kappa shape index (κ2) is 4.93. The van der Waals surface area contributed by atoms with Crippen molar-refractivity contribution in [3.05, 3.63) is 0 Å². The van der Waals surface area contributed by atoms with Crippen molar-refractivity contribution in [3.8, 4) is 0 Å². The molecule has 0 aliphatic carbocycles. The molecule has 0 rings (SSSR count). The SMILES string of the molecule is CCOC(CC=O)C(=O)O. The van der Waals surface area contributed by atoms with Gasteiger partial charge in [-0.1, -0.05) is 0 Å². The Hall–Kier alpha value is -0.900. The van der Waals surface area contributed by atoms with Gasteiger partial charge in [0.25, 0.3) is 0 Å². The fourth-order valence-corrected chi connectivity index (χ4v) is 0.529. The molecule has 10 heavy (non-hydrogen) atoms. The highest BCUT2D eigenvalue weighted by Crippen LogP contribution is 1.95. The zero-order chi connectivity index (χ0) is 7.98. The number of rotatable bonds is 5. The predicted octanol–water partition coefficient (Wildman–Crippen LogP) is 0.0651. The lowest BCUT2D eigenvalue weighted by Gasteiger charge is -2.06. The maximum atomic E-state index is 10.2. The molecule has 0 fully saturated rings. The Morgan fingerprint density at radius 2 is 2.40 bits per heavy atom. The Bertz CT molecular complexity index is 121. The summed E-state index contributed by atoms with van der Waals surface area (Å²) in [6.07, 6.45) is -0.514. The van der Waals surface area contributed by atoms with E-state index in [9.17, 15) is 9.59 Å². The topological polar surface area (TPSA) is 63.6 Å². The Labute approximate surface area is 58.8 Å². The van der Waals surface area contributed by atoms with Gasteiger partial charge >= 0.3 is 5.97 Å². The first-order chi connectivity index (χ1) is 4.72. The number of carboxylic acids is 1. The van der Waals surface area contributed by atoms with Crippen molar-refractivity contribution in [3.63, 3.8) is 0 Å². The standard InChI is InChI=1S/C6H10O4/c1-2-10-5(3-4-7)6(8)9/h4-5H,2-3H2,1H3,(H,8,9). The van der Waals surface area contributed by atoms with Crippen molar-refractivity contribution in [2.45, 2.75) is 19.4 Å². The lowest BCUT2D eigenvalue weighted by molar-refractivity contribution is -0.151. The van der Waals surface area contributed by atoms with Crippen LogP contribution < -0.4 is 0 Å². The van der Waals surface area contributed by atoms with Crippen molar-refractivity contribution in [1.82, 2.24) is 0 Å². The van der Waals surface area contributed by atoms with E-state index in [-0.39, 0.29) is 6.42 Å². The molecule has 58 valence electrons. The number of hydrogen-bond donors (Lipinski definition) is 1. The third-order valence-electron chi connectivity index (χ3n) is 0.954. The van der Waals surface area contributed by atoms with E-state index in [1.54, 1.807) is 6.92 Å². The van der Waals surface area contributed by atoms with Gasteiger partial charge in [0.15, 0.2) is 6.10 Å². The molecule has 1 atom stereocenters. The van der Waals surface area contributed by atoms with E-state index in [0.717, 1.165) is 0 Å². The summed E-state index contributed by atoms with van der Waals surface area (Å²) in [5.74, 6) is -1.09. The third kappa shape index (κ3) is 3.19. The fourth-order valence-electron chi connectivity index (χ4n) is 0.529. The van der Waals surface area contributed by atoms with Crippen LogP contribution in [0.5, 0.6) is 0 Å². The molecule has 0 aliphatic rings. The zero-order valence-corrected chi connectivity index (χ0v) is 5.74. The van der Waals surface area contributed by atoms with Gasteiger partial charge in [0.2, 0.25) is 0 Å². The number of carbonyl (C=O) groups excluding carboxylic acids is 1. The Kier molecular flexibility index (Phi) is 4.49. The summed E-state index contributed by atoms with van der Waals surface area (Å²) in [6, 6.07) is 0. The van der Waals surface area contributed by atoms with Crippen LogP contribution in [-0.2, 0) is 14.3 Å². The normalized spacial score (nSPS) is 12.5. The molecule has 0 saturated carbocycles. The van der Waals surface area contributed by atoms with Crippen LogP contribution in [0.2, 0.25) is 0 Å². The van der Waals surface area contributed by atoms with Gasteiger partial charge in [0.1, 0.15) is 6.29 Å². The van der Waals surface area contributed by atoms with Crippen LogP contribution in [0.3, 0.4) is 0 Å². The third-order valence-corrected chi connectivity index (χ3v) is 0.954. The zero-order valence-electron chi connectivity index (χ0n) is 5.74. The van der Waals surface area contributed by atoms with Crippen LogP contribution in [-0.4, -0.2) is 30.1 Å². The largest absolute Gasteiger partial charge is 0.479 e. The van der Waals surface area contributed by atoms with Crippen LogP contribution in [0.4, 0.5) is 0 Å². The van der Waals surface area contributed by atoms with Crippen molar-refractivity contribution >= 4 is 12.3 Å². The Balaban J connectivity index is 3.71. The molecule has 0 aliphatic heterocycles. The molecule has 4 heteroatoms. The van der Waals surface area contributed by atoms with Gasteiger partial charge in [-0.3, -0.25) is 0 Å². The van der Waals surface area contributed by atoms with Crippen LogP contribution in [0.1, 0.15) is 13.3 Å². The second-order valence-electron chi connectivity index (χ2n) is 1.68. The van der Waals surface area contributed by atoms with E-state index >= 15 is 0 Å². The molecule has 4 nitrogen and oxygen atoms in total. The monoisotopic (exact) mass is 146 g/mol. The van der Waals surface area contributed by atoms with Crippen molar-refractivity contribution < 1.29 is 19.4 Å². The quantitative estimate of drug-likeness (QED) is 0.557. The summed E-state index contributed by atoms with van der Waals surface area (Å²) >= 11 is 0. The highest BCUT2D eigenvalue weighted by Gasteiger charge is 2.15. The highest BCUT2D eigenvalue weighted by molar-refractivity contribution is 5.75. The fraction of sp³-hybridized carbons (Fsp3) is 0.667. The lowest BCUT2D eigenvalue weighted by atomic mass is 10.3. The molecule has 0 aromatic heterocycles. The molecular formula is C6H10O4. The minimum atomic E-state index is -1.09. The van der Waals surface area contributed by atoms with Gasteiger partial charge in [0, 0.05) is 13.0 Å². The molecule has 1 N–H and O–H groups in total. The summed E-state index contributed by atoms with van der Waals surface area (Å²) < 4.78 is 4.71. The van der Waals surface area contributed by atoms with E-state index in [4.69, 9.17) is 9.84 Å². The van der Waals surface area contributed by atoms with Gasteiger partial charge < -0.3 is 14.6 Å². The minimum absolute atomic E-state index is 0.0802. The van der Waals surface area contributed by atoms with E-state index in [1.807, 2.05) is 0 Å². The Morgan fingerprint density at radius 1 is 1.80 bits per heavy atom. The number of hydrogen-bond acceptors (Lipinski definition) is 3. The number of ether oxygens (including phenoxy) is 1. The summed E-state index contributed by atoms with van der Waals surface area (Å²) in [5, 5.41) is 8.35. The van der Waals surface area contributed by atoms with Gasteiger partial charge in [-0.25, -0.2) is 4.79 Å². The molecule has 0 aromatic carbocycles. The molecule has 0 amide bonds. The maximum absolute atomic E-state index is 10.2. The molecule has 0 heterocycles. The van der Waals surface area contributed by atoms with Crippen LogP contribution in [0.25, 0.3) is 0 Å². The summed E-state index contributed by atoms with van der Waals surface area (Å²) in [4.78, 5) is 20.0. The van der Waals surface area contributed by atoms with Crippen LogP contribution >= 0.6 is 0 Å². The van der Waals surface area contributed by atoms with Crippen molar-refractivity contribution in [2.75, 3.05) is 6.61 Å². The summed E-state index contributed by atoms with van der Waals surface area (Å²) in [6.45, 7) is 1.99. The molecular weight excluding hydrogens is 136 g/mol. The smallest absolute Gasteiger partial charge is 0.333 e. The van der Waals surface area contributed by atoms with E-state index in [2.05, 4.69) is 0 Å². The van der Waals surface area contributed by atoms with Gasteiger partial charge in [-0.2, -0.15) is 0 Å². The molecule has 0 bridgehead atoms. The van der Waals surface area contributed by atoms with Gasteiger partial charge in [-0.05, 0) is 6.92 Å². The Morgan fingerprint density at radius 3 is 2.70 bits per heavy atom. The predicted molar refractivity (Wildman–Crippen MR) is 33.7 cm³/mol. The van der Waals surface area contributed by atoms with Crippen molar-refractivity contribution in [1.29, 1.82) is 0 Å². The number of aliphatic carboxylic acids is 1.